The van der Waals surface area contributed by atoms with Crippen LogP contribution in [0.5, 0.6) is 0 Å². The fourth-order valence-electron chi connectivity index (χ4n) is 2.10. The third-order valence-electron chi connectivity index (χ3n) is 3.14. The van der Waals surface area contributed by atoms with Crippen LogP contribution in [0, 0.1) is 0 Å². The summed E-state index contributed by atoms with van der Waals surface area (Å²) in [5, 5.41) is 0.799. The van der Waals surface area contributed by atoms with Gasteiger partial charge in [0, 0.05) is 5.02 Å². The van der Waals surface area contributed by atoms with Gasteiger partial charge in [-0.15, -0.1) is 0 Å². The number of halogens is 2. The van der Waals surface area contributed by atoms with Gasteiger partial charge in [-0.2, -0.15) is 4.99 Å². The Labute approximate surface area is 149 Å². The first kappa shape index (κ1) is 16.8. The van der Waals surface area contributed by atoms with E-state index in [4.69, 9.17) is 32.4 Å². The molecule has 0 radical (unpaired) electrons. The van der Waals surface area contributed by atoms with Gasteiger partial charge in [0.25, 0.3) is 0 Å². The second-order valence-corrected chi connectivity index (χ2v) is 6.53. The number of thiazole rings is 1. The average Bonchev–Trinajstić information content (AvgIpc) is 3.16. The minimum absolute atomic E-state index is 0.0983. The SMILES string of the molecule is COC(=O)Cn1c(=NC(=O)c2ccco2)sc2cc(Cl)cc(Cl)c21. The summed E-state index contributed by atoms with van der Waals surface area (Å²) < 4.78 is 12.0. The maximum Gasteiger partial charge on any atom is 0.325 e. The standard InChI is InChI=1S/C15H10Cl2N2O4S/c1-22-12(20)7-19-13-9(17)5-8(16)6-11(13)24-15(19)18-14(21)10-3-2-4-23-10/h2-6H,7H2,1H3. The van der Waals surface area contributed by atoms with E-state index in [0.717, 1.165) is 0 Å². The number of methoxy groups -OCH3 is 1. The highest BCUT2D eigenvalue weighted by atomic mass is 35.5. The number of hydrogen-bond acceptors (Lipinski definition) is 5. The maximum absolute atomic E-state index is 12.2. The van der Waals surface area contributed by atoms with Gasteiger partial charge in [0.15, 0.2) is 10.6 Å². The van der Waals surface area contributed by atoms with E-state index in [-0.39, 0.29) is 12.3 Å². The van der Waals surface area contributed by atoms with Crippen LogP contribution in [0.4, 0.5) is 0 Å². The number of hydrogen-bond donors (Lipinski definition) is 0. The molecule has 0 aliphatic carbocycles. The summed E-state index contributed by atoms with van der Waals surface area (Å²) in [6, 6.07) is 6.35. The van der Waals surface area contributed by atoms with Crippen LogP contribution in [0.3, 0.4) is 0 Å². The van der Waals surface area contributed by atoms with Crippen molar-refractivity contribution < 1.29 is 18.7 Å². The van der Waals surface area contributed by atoms with Crippen LogP contribution in [0.15, 0.2) is 39.9 Å². The third-order valence-corrected chi connectivity index (χ3v) is 4.67. The molecule has 0 N–H and O–H groups in total. The molecule has 24 heavy (non-hydrogen) atoms. The number of amides is 1. The van der Waals surface area contributed by atoms with Crippen molar-refractivity contribution in [1.29, 1.82) is 0 Å². The molecule has 6 nitrogen and oxygen atoms in total. The number of aromatic nitrogens is 1. The zero-order valence-electron chi connectivity index (χ0n) is 12.3. The lowest BCUT2D eigenvalue weighted by Gasteiger charge is -2.05. The van der Waals surface area contributed by atoms with E-state index in [1.807, 2.05) is 0 Å². The minimum atomic E-state index is -0.563. The number of benzene rings is 1. The molecule has 9 heteroatoms. The first-order valence-corrected chi connectivity index (χ1v) is 8.24. The normalized spacial score (nSPS) is 11.9. The Kier molecular flexibility index (Phi) is 4.75. The molecule has 0 saturated heterocycles. The molecule has 124 valence electrons. The molecule has 0 aliphatic heterocycles. The number of nitrogens with zero attached hydrogens (tertiary/aromatic N) is 2. The molecule has 3 rings (SSSR count). The van der Waals surface area contributed by atoms with Gasteiger partial charge in [-0.25, -0.2) is 0 Å². The van der Waals surface area contributed by atoms with Crippen LogP contribution >= 0.6 is 34.5 Å². The first-order chi connectivity index (χ1) is 11.5. The van der Waals surface area contributed by atoms with Crippen LogP contribution in [0.1, 0.15) is 10.6 Å². The first-order valence-electron chi connectivity index (χ1n) is 6.67. The van der Waals surface area contributed by atoms with Crippen molar-refractivity contribution in [3.63, 3.8) is 0 Å². The number of carbonyl (C=O) groups is 2. The fourth-order valence-corrected chi connectivity index (χ4v) is 3.91. The highest BCUT2D eigenvalue weighted by Gasteiger charge is 2.16. The Morgan fingerprint density at radius 3 is 2.83 bits per heavy atom. The molecule has 0 unspecified atom stereocenters. The number of rotatable bonds is 3. The van der Waals surface area contributed by atoms with Gasteiger partial charge >= 0.3 is 11.9 Å². The number of carbonyl (C=O) groups excluding carboxylic acids is 2. The quantitative estimate of drug-likeness (QED) is 0.647. The second kappa shape index (κ2) is 6.80. The van der Waals surface area contributed by atoms with E-state index < -0.39 is 11.9 Å². The summed E-state index contributed by atoms with van der Waals surface area (Å²) in [6.07, 6.45) is 1.38. The predicted octanol–water partition coefficient (Wildman–Crippen LogP) is 3.52. The Balaban J connectivity index is 2.22. The van der Waals surface area contributed by atoms with Crippen molar-refractivity contribution in [1.82, 2.24) is 4.57 Å². The second-order valence-electron chi connectivity index (χ2n) is 4.68. The molecule has 1 aromatic carbocycles. The number of furan rings is 1. The van der Waals surface area contributed by atoms with Crippen LogP contribution in [0.2, 0.25) is 10.0 Å². The van der Waals surface area contributed by atoms with Crippen LogP contribution in [-0.4, -0.2) is 23.6 Å². The molecule has 2 aromatic heterocycles. The van der Waals surface area contributed by atoms with Crippen molar-refractivity contribution in [3.8, 4) is 0 Å². The molecule has 0 atom stereocenters. The number of esters is 1. The van der Waals surface area contributed by atoms with Crippen LogP contribution in [0.25, 0.3) is 10.2 Å². The molecular weight excluding hydrogens is 375 g/mol. The van der Waals surface area contributed by atoms with Crippen LogP contribution < -0.4 is 4.80 Å². The zero-order valence-corrected chi connectivity index (χ0v) is 14.6. The van der Waals surface area contributed by atoms with Crippen molar-refractivity contribution in [2.24, 2.45) is 4.99 Å². The summed E-state index contributed by atoms with van der Waals surface area (Å²) in [4.78, 5) is 28.2. The van der Waals surface area contributed by atoms with Crippen molar-refractivity contribution in [2.75, 3.05) is 7.11 Å². The van der Waals surface area contributed by atoms with Gasteiger partial charge in [0.05, 0.1) is 28.6 Å². The van der Waals surface area contributed by atoms with E-state index in [9.17, 15) is 9.59 Å². The topological polar surface area (TPSA) is 73.8 Å². The van der Waals surface area contributed by atoms with E-state index in [1.54, 1.807) is 18.2 Å². The molecule has 2 heterocycles. The van der Waals surface area contributed by atoms with E-state index >= 15 is 0 Å². The van der Waals surface area contributed by atoms with Gasteiger partial charge in [-0.3, -0.25) is 9.59 Å². The summed E-state index contributed by atoms with van der Waals surface area (Å²) in [7, 11) is 1.28. The van der Waals surface area contributed by atoms with E-state index in [1.165, 1.54) is 35.3 Å². The van der Waals surface area contributed by atoms with Crippen molar-refractivity contribution >= 4 is 56.6 Å². The highest BCUT2D eigenvalue weighted by Crippen LogP contribution is 2.29. The molecule has 0 bridgehead atoms. The molecule has 0 aliphatic rings. The Hall–Kier alpha value is -2.09. The summed E-state index contributed by atoms with van der Waals surface area (Å²) in [5.41, 5.74) is 0.558. The monoisotopic (exact) mass is 384 g/mol. The lowest BCUT2D eigenvalue weighted by atomic mass is 10.3. The minimum Gasteiger partial charge on any atom is -0.468 e. The average molecular weight is 385 g/mol. The fraction of sp³-hybridized carbons (Fsp3) is 0.133. The van der Waals surface area contributed by atoms with Gasteiger partial charge in [0.2, 0.25) is 0 Å². The molecular formula is C15H10Cl2N2O4S. The van der Waals surface area contributed by atoms with E-state index in [0.29, 0.717) is 25.1 Å². The lowest BCUT2D eigenvalue weighted by molar-refractivity contribution is -0.141. The van der Waals surface area contributed by atoms with Gasteiger partial charge in [-0.1, -0.05) is 34.5 Å². The molecule has 0 fully saturated rings. The summed E-state index contributed by atoms with van der Waals surface area (Å²) >= 11 is 13.4. The molecule has 3 aromatic rings. The van der Waals surface area contributed by atoms with Crippen LogP contribution in [-0.2, 0) is 16.1 Å². The summed E-state index contributed by atoms with van der Waals surface area (Å²) in [5.74, 6) is -0.957. The highest BCUT2D eigenvalue weighted by molar-refractivity contribution is 7.16. The predicted molar refractivity (Wildman–Crippen MR) is 90.5 cm³/mol. The Bertz CT molecular complexity index is 989. The summed E-state index contributed by atoms with van der Waals surface area (Å²) in [6.45, 7) is -0.137. The smallest absolute Gasteiger partial charge is 0.325 e. The molecule has 0 saturated carbocycles. The molecule has 0 spiro atoms. The van der Waals surface area contributed by atoms with Gasteiger partial charge in [0.1, 0.15) is 6.54 Å². The third kappa shape index (κ3) is 3.24. The Morgan fingerprint density at radius 1 is 1.38 bits per heavy atom. The van der Waals surface area contributed by atoms with Gasteiger partial charge in [-0.05, 0) is 24.3 Å². The maximum atomic E-state index is 12.2. The van der Waals surface area contributed by atoms with Crippen molar-refractivity contribution in [3.05, 3.63) is 51.1 Å². The lowest BCUT2D eigenvalue weighted by Crippen LogP contribution is -2.22. The van der Waals surface area contributed by atoms with E-state index in [2.05, 4.69) is 4.99 Å². The van der Waals surface area contributed by atoms with Crippen molar-refractivity contribution in [2.45, 2.75) is 6.54 Å². The molecule has 1 amide bonds. The number of fused-ring (bicyclic) bond motifs is 1. The van der Waals surface area contributed by atoms with Gasteiger partial charge < -0.3 is 13.7 Å². The zero-order chi connectivity index (χ0) is 17.3. The Morgan fingerprint density at radius 2 is 2.17 bits per heavy atom. The largest absolute Gasteiger partial charge is 0.468 e. The number of ether oxygens (including phenoxy) is 1.